The average Bonchev–Trinajstić information content (AvgIpc) is 2.19. The monoisotopic (exact) mass is 188 g/mol. The maximum Gasteiger partial charge on any atom is 0.185 e. The molecule has 0 spiro atoms. The third-order valence-electron chi connectivity index (χ3n) is 3.05. The van der Waals surface area contributed by atoms with Crippen LogP contribution in [-0.2, 0) is 0 Å². The predicted molar refractivity (Wildman–Crippen MR) is 61.1 cm³/mol. The van der Waals surface area contributed by atoms with Crippen LogP contribution in [0.25, 0.3) is 0 Å². The van der Waals surface area contributed by atoms with Crippen molar-refractivity contribution in [2.45, 2.75) is 25.7 Å². The van der Waals surface area contributed by atoms with Gasteiger partial charge < -0.3 is 4.81 Å². The Labute approximate surface area is 86.8 Å². The maximum absolute atomic E-state index is 4.60. The lowest BCUT2D eigenvalue weighted by Gasteiger charge is -2.29. The number of aryl methyl sites for hydroxylation is 1. The minimum absolute atomic E-state index is 0.686. The van der Waals surface area contributed by atoms with Crippen LogP contribution in [0.5, 0.6) is 0 Å². The van der Waals surface area contributed by atoms with Gasteiger partial charge in [0.15, 0.2) is 7.98 Å². The second-order valence-corrected chi connectivity index (χ2v) is 4.28. The SMILES string of the molecule is BN1CCC(c2cccc(C)n2)CC1. The van der Waals surface area contributed by atoms with Gasteiger partial charge in [-0.2, -0.15) is 0 Å². The van der Waals surface area contributed by atoms with E-state index in [4.69, 9.17) is 0 Å². The summed E-state index contributed by atoms with van der Waals surface area (Å²) in [6, 6.07) is 6.36. The molecule has 2 heterocycles. The molecule has 1 saturated heterocycles. The number of aromatic nitrogens is 1. The first-order valence-corrected chi connectivity index (χ1v) is 5.38. The van der Waals surface area contributed by atoms with Gasteiger partial charge in [0.05, 0.1) is 0 Å². The Morgan fingerprint density at radius 3 is 2.71 bits per heavy atom. The lowest BCUT2D eigenvalue weighted by molar-refractivity contribution is 0.331. The molecule has 0 aromatic carbocycles. The van der Waals surface area contributed by atoms with Crippen LogP contribution in [0, 0.1) is 6.92 Å². The fourth-order valence-electron chi connectivity index (χ4n) is 2.10. The van der Waals surface area contributed by atoms with Gasteiger partial charge in [0, 0.05) is 17.3 Å². The number of pyridine rings is 1. The zero-order chi connectivity index (χ0) is 9.97. The van der Waals surface area contributed by atoms with Crippen molar-refractivity contribution in [1.29, 1.82) is 0 Å². The smallest absolute Gasteiger partial charge is 0.185 e. The van der Waals surface area contributed by atoms with E-state index in [1.165, 1.54) is 31.6 Å². The van der Waals surface area contributed by atoms with Crippen LogP contribution in [0.1, 0.15) is 30.1 Å². The molecule has 0 radical (unpaired) electrons. The van der Waals surface area contributed by atoms with Gasteiger partial charge in [0.1, 0.15) is 0 Å². The van der Waals surface area contributed by atoms with Gasteiger partial charge in [-0.15, -0.1) is 0 Å². The van der Waals surface area contributed by atoms with E-state index < -0.39 is 0 Å². The van der Waals surface area contributed by atoms with Gasteiger partial charge in [-0.1, -0.05) is 6.07 Å². The van der Waals surface area contributed by atoms with Crippen LogP contribution >= 0.6 is 0 Å². The highest BCUT2D eigenvalue weighted by Gasteiger charge is 2.18. The first-order chi connectivity index (χ1) is 6.75. The van der Waals surface area contributed by atoms with E-state index in [1.807, 2.05) is 0 Å². The Bertz CT molecular complexity index is 306. The lowest BCUT2D eigenvalue weighted by Crippen LogP contribution is -2.30. The second kappa shape index (κ2) is 4.14. The van der Waals surface area contributed by atoms with Crippen molar-refractivity contribution in [3.8, 4) is 0 Å². The Hall–Kier alpha value is -0.825. The fraction of sp³-hybridized carbons (Fsp3) is 0.545. The first kappa shape index (κ1) is 9.72. The summed E-state index contributed by atoms with van der Waals surface area (Å²) in [5.74, 6) is 0.686. The van der Waals surface area contributed by atoms with Crippen LogP contribution in [0.3, 0.4) is 0 Å². The number of hydrogen-bond acceptors (Lipinski definition) is 2. The highest BCUT2D eigenvalue weighted by molar-refractivity contribution is 6.04. The van der Waals surface area contributed by atoms with Crippen molar-refractivity contribution < 1.29 is 0 Å². The van der Waals surface area contributed by atoms with Crippen molar-refractivity contribution in [3.05, 3.63) is 29.6 Å². The highest BCUT2D eigenvalue weighted by atomic mass is 15.0. The van der Waals surface area contributed by atoms with Crippen molar-refractivity contribution >= 4 is 7.98 Å². The van der Waals surface area contributed by atoms with Crippen LogP contribution in [0.2, 0.25) is 0 Å². The number of piperidine rings is 1. The largest absolute Gasteiger partial charge is 0.349 e. The molecular formula is C11H17BN2. The van der Waals surface area contributed by atoms with Crippen LogP contribution in [0.4, 0.5) is 0 Å². The van der Waals surface area contributed by atoms with Crippen LogP contribution < -0.4 is 0 Å². The van der Waals surface area contributed by atoms with E-state index >= 15 is 0 Å². The third-order valence-corrected chi connectivity index (χ3v) is 3.05. The minimum atomic E-state index is 0.686. The van der Waals surface area contributed by atoms with E-state index in [1.54, 1.807) is 0 Å². The standard InChI is InChI=1S/C11H17BN2/c1-9-3-2-4-11(13-9)10-5-7-14(12)8-6-10/h2-4,10H,5-8,12H2,1H3. The van der Waals surface area contributed by atoms with Crippen molar-refractivity contribution in [1.82, 2.24) is 9.79 Å². The normalized spacial score (nSPS) is 19.8. The molecule has 0 aliphatic carbocycles. The molecule has 74 valence electrons. The summed E-state index contributed by atoms with van der Waals surface area (Å²) in [7, 11) is 2.19. The van der Waals surface area contributed by atoms with E-state index in [0.717, 1.165) is 5.69 Å². The Morgan fingerprint density at radius 2 is 2.07 bits per heavy atom. The fourth-order valence-corrected chi connectivity index (χ4v) is 2.10. The molecule has 14 heavy (non-hydrogen) atoms. The quantitative estimate of drug-likeness (QED) is 0.614. The summed E-state index contributed by atoms with van der Waals surface area (Å²) in [6.45, 7) is 4.49. The molecule has 1 fully saturated rings. The van der Waals surface area contributed by atoms with Gasteiger partial charge in [0.2, 0.25) is 0 Å². The molecule has 1 aromatic heterocycles. The zero-order valence-corrected chi connectivity index (χ0v) is 9.03. The zero-order valence-electron chi connectivity index (χ0n) is 9.03. The molecule has 3 heteroatoms. The molecule has 0 saturated carbocycles. The number of nitrogens with zero attached hydrogens (tertiary/aromatic N) is 2. The van der Waals surface area contributed by atoms with Gasteiger partial charge >= 0.3 is 0 Å². The molecule has 2 rings (SSSR count). The summed E-state index contributed by atoms with van der Waals surface area (Å²) in [6.07, 6.45) is 2.51. The molecule has 0 bridgehead atoms. The molecule has 0 N–H and O–H groups in total. The Morgan fingerprint density at radius 1 is 1.36 bits per heavy atom. The van der Waals surface area contributed by atoms with Gasteiger partial charge in [-0.3, -0.25) is 4.98 Å². The second-order valence-electron chi connectivity index (χ2n) is 4.28. The van der Waals surface area contributed by atoms with Gasteiger partial charge in [-0.05, 0) is 45.0 Å². The molecule has 1 aromatic rings. The number of rotatable bonds is 1. The van der Waals surface area contributed by atoms with Gasteiger partial charge in [-0.25, -0.2) is 0 Å². The predicted octanol–water partition coefficient (Wildman–Crippen LogP) is 1.12. The van der Waals surface area contributed by atoms with Crippen molar-refractivity contribution in [3.63, 3.8) is 0 Å². The summed E-state index contributed by atoms with van der Waals surface area (Å²) in [4.78, 5) is 7.00. The van der Waals surface area contributed by atoms with E-state index in [-0.39, 0.29) is 0 Å². The molecular weight excluding hydrogens is 171 g/mol. The minimum Gasteiger partial charge on any atom is -0.349 e. The highest BCUT2D eigenvalue weighted by Crippen LogP contribution is 2.25. The van der Waals surface area contributed by atoms with E-state index in [0.29, 0.717) is 5.92 Å². The lowest BCUT2D eigenvalue weighted by atomic mass is 9.91. The van der Waals surface area contributed by atoms with E-state index in [2.05, 4.69) is 42.9 Å². The molecule has 1 aliphatic heterocycles. The van der Waals surface area contributed by atoms with Crippen molar-refractivity contribution in [2.24, 2.45) is 0 Å². The first-order valence-electron chi connectivity index (χ1n) is 5.38. The summed E-state index contributed by atoms with van der Waals surface area (Å²) in [5, 5.41) is 0. The van der Waals surface area contributed by atoms with Crippen molar-refractivity contribution in [2.75, 3.05) is 13.1 Å². The Balaban J connectivity index is 2.08. The molecule has 2 nitrogen and oxygen atoms in total. The van der Waals surface area contributed by atoms with E-state index in [9.17, 15) is 0 Å². The molecule has 1 aliphatic rings. The summed E-state index contributed by atoms with van der Waals surface area (Å²) < 4.78 is 0. The third kappa shape index (κ3) is 2.15. The molecule has 0 amide bonds. The molecule has 0 unspecified atom stereocenters. The topological polar surface area (TPSA) is 16.1 Å². The molecule has 0 atom stereocenters. The van der Waals surface area contributed by atoms with Gasteiger partial charge in [0.25, 0.3) is 0 Å². The van der Waals surface area contributed by atoms with Crippen LogP contribution in [0.15, 0.2) is 18.2 Å². The van der Waals surface area contributed by atoms with Crippen LogP contribution in [-0.4, -0.2) is 30.9 Å². The maximum atomic E-state index is 4.60. The summed E-state index contributed by atoms with van der Waals surface area (Å²) in [5.41, 5.74) is 2.43. The Kier molecular flexibility index (Phi) is 2.87. The average molecular weight is 188 g/mol. The summed E-state index contributed by atoms with van der Waals surface area (Å²) >= 11 is 0. The number of hydrogen-bond donors (Lipinski definition) is 0.